The van der Waals surface area contributed by atoms with Crippen molar-refractivity contribution in [2.75, 3.05) is 49.6 Å². The maximum Gasteiger partial charge on any atom is 0.355 e. The number of ether oxygens (including phenoxy) is 2. The first-order valence-electron chi connectivity index (χ1n) is 19.7. The van der Waals surface area contributed by atoms with Crippen LogP contribution in [0.1, 0.15) is 68.1 Å². The lowest BCUT2D eigenvalue weighted by Crippen LogP contribution is -2.47. The number of fused-ring (bicyclic) bond motifs is 3. The van der Waals surface area contributed by atoms with E-state index in [1.807, 2.05) is 42.5 Å². The smallest absolute Gasteiger partial charge is 0.355 e. The molecule has 2 N–H and O–H groups in total. The summed E-state index contributed by atoms with van der Waals surface area (Å²) in [6.07, 6.45) is 7.37. The highest BCUT2D eigenvalue weighted by molar-refractivity contribution is 7.22. The summed E-state index contributed by atoms with van der Waals surface area (Å²) in [6, 6.07) is 26.3. The minimum atomic E-state index is -1.02. The molecule has 1 unspecified atom stereocenters. The summed E-state index contributed by atoms with van der Waals surface area (Å²) in [7, 11) is 0. The predicted octanol–water partition coefficient (Wildman–Crippen LogP) is 8.47. The van der Waals surface area contributed by atoms with Crippen LogP contribution in [0, 0.1) is 5.92 Å². The van der Waals surface area contributed by atoms with E-state index in [-0.39, 0.29) is 11.6 Å². The molecule has 2 aliphatic heterocycles. The summed E-state index contributed by atoms with van der Waals surface area (Å²) in [5.41, 5.74) is 4.73. The van der Waals surface area contributed by atoms with Crippen LogP contribution in [0.15, 0.2) is 78.9 Å². The van der Waals surface area contributed by atoms with Gasteiger partial charge in [-0.2, -0.15) is 0 Å². The molecule has 1 atom stereocenters. The van der Waals surface area contributed by atoms with Crippen molar-refractivity contribution in [2.24, 2.45) is 5.92 Å². The second-order valence-corrected chi connectivity index (χ2v) is 17.2. The lowest BCUT2D eigenvalue weighted by atomic mass is 9.80. The molecule has 0 radical (unpaired) electrons. The number of hydrogen-bond donors (Lipinski definition) is 2. The van der Waals surface area contributed by atoms with E-state index in [9.17, 15) is 14.7 Å². The van der Waals surface area contributed by atoms with Crippen molar-refractivity contribution in [3.63, 3.8) is 0 Å². The van der Waals surface area contributed by atoms with Gasteiger partial charge >= 0.3 is 5.97 Å². The number of amides is 1. The highest BCUT2D eigenvalue weighted by atomic mass is 32.1. The van der Waals surface area contributed by atoms with Gasteiger partial charge in [0.05, 0.1) is 29.5 Å². The molecule has 56 heavy (non-hydrogen) atoms. The normalized spacial score (nSPS) is 17.5. The fraction of sp³-hybridized carbons (Fsp3) is 0.364. The fourth-order valence-electron chi connectivity index (χ4n) is 8.14. The zero-order chi connectivity index (χ0) is 38.0. The van der Waals surface area contributed by atoms with Crippen molar-refractivity contribution in [2.45, 2.75) is 57.6 Å². The van der Waals surface area contributed by atoms with Gasteiger partial charge in [0, 0.05) is 43.2 Å². The van der Waals surface area contributed by atoms with Crippen LogP contribution in [0.25, 0.3) is 21.0 Å². The van der Waals surface area contributed by atoms with Crippen molar-refractivity contribution >= 4 is 65.8 Å². The quantitative estimate of drug-likeness (QED) is 0.111. The van der Waals surface area contributed by atoms with E-state index in [0.717, 1.165) is 93.3 Å². The third-order valence-corrected chi connectivity index (χ3v) is 13.6. The Morgan fingerprint density at radius 2 is 1.82 bits per heavy atom. The molecule has 4 heterocycles. The molecule has 1 aliphatic carbocycles. The molecular formula is C44H45N5O5S2. The molecule has 288 valence electrons. The second-order valence-electron chi connectivity index (χ2n) is 15.1. The number of aromatic carboxylic acids is 1. The minimum Gasteiger partial charge on any atom is -0.494 e. The Hall–Kier alpha value is -4.88. The fourth-order valence-corrected chi connectivity index (χ4v) is 10.1. The number of morpholine rings is 1. The lowest BCUT2D eigenvalue weighted by molar-refractivity contribution is -0.0749. The number of carboxylic acid groups (broad SMARTS) is 1. The van der Waals surface area contributed by atoms with E-state index in [2.05, 4.69) is 61.5 Å². The highest BCUT2D eigenvalue weighted by Crippen LogP contribution is 2.35. The van der Waals surface area contributed by atoms with Gasteiger partial charge in [0.15, 0.2) is 16.0 Å². The SMILES string of the molecule is O=C(Nc1nc2ccccc2s1)c1cccc2c1CN(c1nc(C(=O)O)c(CCc3ccc4cc(OCCCN5CCOC(C6CCC6)C5)ccc4c3)s1)CC2. The Morgan fingerprint density at radius 3 is 2.68 bits per heavy atom. The number of nitrogens with zero attached hydrogens (tertiary/aromatic N) is 4. The van der Waals surface area contributed by atoms with Crippen molar-refractivity contribution < 1.29 is 24.2 Å². The first kappa shape index (κ1) is 36.7. The van der Waals surface area contributed by atoms with Gasteiger partial charge < -0.3 is 19.5 Å². The Kier molecular flexibility index (Phi) is 10.7. The highest BCUT2D eigenvalue weighted by Gasteiger charge is 2.32. The zero-order valence-corrected chi connectivity index (χ0v) is 32.9. The standard InChI is InChI=1S/C44H45N5O5S2/c50-41(47-43-45-36-10-1-2-11-38(36)55-43)34-9-4-6-29-18-20-49(26-35(29)34)44-46-40(42(51)52)39(56-44)17-13-28-12-14-32-25-33(16-15-31(32)24-28)53-22-5-19-48-21-23-54-37(27-48)30-7-3-8-30/h1-2,4,6,9-12,14-16,24-25,30,37H,3,5,7-8,13,17-23,26-27H2,(H,51,52)(H,45,47,50). The van der Waals surface area contributed by atoms with Gasteiger partial charge in [0.2, 0.25) is 0 Å². The van der Waals surface area contributed by atoms with Gasteiger partial charge in [-0.05, 0) is 102 Å². The molecule has 10 nitrogen and oxygen atoms in total. The number of carbonyl (C=O) groups excluding carboxylic acids is 1. The van der Waals surface area contributed by atoms with Crippen LogP contribution in [0.4, 0.5) is 10.3 Å². The van der Waals surface area contributed by atoms with Gasteiger partial charge in [-0.3, -0.25) is 15.0 Å². The van der Waals surface area contributed by atoms with Crippen molar-refractivity contribution in [3.8, 4) is 5.75 Å². The molecule has 9 rings (SSSR count). The Bertz CT molecular complexity index is 2360. The summed E-state index contributed by atoms with van der Waals surface area (Å²) < 4.78 is 13.2. The molecule has 0 spiro atoms. The van der Waals surface area contributed by atoms with Gasteiger partial charge in [-0.15, -0.1) is 11.3 Å². The van der Waals surface area contributed by atoms with Crippen molar-refractivity contribution in [3.05, 3.63) is 112 Å². The first-order valence-corrected chi connectivity index (χ1v) is 21.3. The van der Waals surface area contributed by atoms with Crippen LogP contribution < -0.4 is 15.0 Å². The molecule has 1 saturated carbocycles. The summed E-state index contributed by atoms with van der Waals surface area (Å²) in [5.74, 6) is 0.409. The largest absolute Gasteiger partial charge is 0.494 e. The van der Waals surface area contributed by atoms with Crippen LogP contribution in [0.5, 0.6) is 5.75 Å². The predicted molar refractivity (Wildman–Crippen MR) is 223 cm³/mol. The number of rotatable bonds is 13. The number of benzene rings is 4. The summed E-state index contributed by atoms with van der Waals surface area (Å²) in [5, 5.41) is 16.6. The number of hydrogen-bond acceptors (Lipinski definition) is 10. The van der Waals surface area contributed by atoms with Crippen molar-refractivity contribution in [1.29, 1.82) is 0 Å². The number of aromatic nitrogens is 2. The number of carboxylic acids is 1. The number of para-hydroxylation sites is 1. The van der Waals surface area contributed by atoms with Gasteiger partial charge in [-0.1, -0.05) is 66.3 Å². The lowest BCUT2D eigenvalue weighted by Gasteiger charge is -2.40. The van der Waals surface area contributed by atoms with Crippen LogP contribution in [-0.4, -0.2) is 77.3 Å². The van der Waals surface area contributed by atoms with Crippen LogP contribution in [0.3, 0.4) is 0 Å². The number of aryl methyl sites for hydroxylation is 2. The first-order chi connectivity index (χ1) is 27.4. The van der Waals surface area contributed by atoms with E-state index in [0.29, 0.717) is 54.5 Å². The monoisotopic (exact) mass is 787 g/mol. The van der Waals surface area contributed by atoms with Crippen molar-refractivity contribution in [1.82, 2.24) is 14.9 Å². The average molecular weight is 788 g/mol. The number of thiazole rings is 2. The van der Waals surface area contributed by atoms with Gasteiger partial charge in [-0.25, -0.2) is 14.8 Å². The zero-order valence-electron chi connectivity index (χ0n) is 31.2. The summed E-state index contributed by atoms with van der Waals surface area (Å²) in [4.78, 5) is 40.5. The maximum absolute atomic E-state index is 13.5. The third-order valence-electron chi connectivity index (χ3n) is 11.4. The topological polar surface area (TPSA) is 117 Å². The summed E-state index contributed by atoms with van der Waals surface area (Å²) >= 11 is 2.88. The van der Waals surface area contributed by atoms with E-state index in [1.54, 1.807) is 0 Å². The van der Waals surface area contributed by atoms with Crippen LogP contribution in [0.2, 0.25) is 0 Å². The number of anilines is 2. The molecule has 6 aromatic rings. The van der Waals surface area contributed by atoms with Gasteiger partial charge in [0.25, 0.3) is 5.91 Å². The second kappa shape index (κ2) is 16.3. The minimum absolute atomic E-state index is 0.104. The van der Waals surface area contributed by atoms with Gasteiger partial charge in [0.1, 0.15) is 5.75 Å². The number of nitrogens with one attached hydrogen (secondary N) is 1. The molecule has 12 heteroatoms. The molecular weight excluding hydrogens is 743 g/mol. The van der Waals surface area contributed by atoms with Crippen LogP contribution >= 0.6 is 22.7 Å². The van der Waals surface area contributed by atoms with E-state index < -0.39 is 5.97 Å². The van der Waals surface area contributed by atoms with E-state index in [1.165, 1.54) is 41.9 Å². The molecule has 0 bridgehead atoms. The average Bonchev–Trinajstić information content (AvgIpc) is 3.82. The van der Waals surface area contributed by atoms with Crippen LogP contribution in [-0.2, 0) is 30.5 Å². The maximum atomic E-state index is 13.5. The third kappa shape index (κ3) is 8.02. The number of carbonyl (C=O) groups is 2. The molecule has 4 aromatic carbocycles. The molecule has 1 saturated heterocycles. The Balaban J connectivity index is 0.816. The van der Waals surface area contributed by atoms with E-state index >= 15 is 0 Å². The Labute approximate surface area is 334 Å². The molecule has 2 aromatic heterocycles. The summed E-state index contributed by atoms with van der Waals surface area (Å²) in [6.45, 7) is 5.77. The molecule has 1 amide bonds. The molecule has 2 fully saturated rings. The molecule has 3 aliphatic rings. The Morgan fingerprint density at radius 1 is 0.946 bits per heavy atom. The van der Waals surface area contributed by atoms with E-state index in [4.69, 9.17) is 9.47 Å².